The third-order valence-electron chi connectivity index (χ3n) is 5.41. The SMILES string of the molecule is COc1cc(NC(=O)N2C[C@@H]3CCCN3c3ccccc32)cc(OC)c1OC. The molecule has 28 heavy (non-hydrogen) atoms. The molecule has 7 heteroatoms. The predicted octanol–water partition coefficient (Wildman–Crippen LogP) is 3.73. The second kappa shape index (κ2) is 7.50. The van der Waals surface area contributed by atoms with Crippen molar-refractivity contribution in [2.75, 3.05) is 49.5 Å². The van der Waals surface area contributed by atoms with E-state index >= 15 is 0 Å². The van der Waals surface area contributed by atoms with Crippen LogP contribution in [0, 0.1) is 0 Å². The zero-order valence-corrected chi connectivity index (χ0v) is 16.4. The van der Waals surface area contributed by atoms with E-state index in [0.717, 1.165) is 30.8 Å². The summed E-state index contributed by atoms with van der Waals surface area (Å²) in [7, 11) is 4.66. The molecule has 1 atom stereocenters. The van der Waals surface area contributed by atoms with E-state index in [-0.39, 0.29) is 6.03 Å². The third kappa shape index (κ3) is 3.06. The second-order valence-electron chi connectivity index (χ2n) is 6.93. The molecule has 0 aliphatic carbocycles. The number of ether oxygens (including phenoxy) is 3. The van der Waals surface area contributed by atoms with E-state index < -0.39 is 0 Å². The summed E-state index contributed by atoms with van der Waals surface area (Å²) in [5, 5.41) is 2.99. The van der Waals surface area contributed by atoms with Gasteiger partial charge in [-0.05, 0) is 25.0 Å². The maximum Gasteiger partial charge on any atom is 0.326 e. The van der Waals surface area contributed by atoms with Gasteiger partial charge in [-0.1, -0.05) is 12.1 Å². The lowest BCUT2D eigenvalue weighted by molar-refractivity contribution is 0.256. The van der Waals surface area contributed by atoms with E-state index in [0.29, 0.717) is 35.5 Å². The van der Waals surface area contributed by atoms with E-state index in [4.69, 9.17) is 14.2 Å². The zero-order valence-electron chi connectivity index (χ0n) is 16.4. The molecule has 0 spiro atoms. The van der Waals surface area contributed by atoms with Crippen LogP contribution in [0.4, 0.5) is 21.9 Å². The third-order valence-corrected chi connectivity index (χ3v) is 5.41. The summed E-state index contributed by atoms with van der Waals surface area (Å²) in [5.41, 5.74) is 2.65. The van der Waals surface area contributed by atoms with E-state index in [1.165, 1.54) is 0 Å². The molecule has 7 nitrogen and oxygen atoms in total. The van der Waals surface area contributed by atoms with E-state index in [1.807, 2.05) is 23.1 Å². The number of nitrogens with zero attached hydrogens (tertiary/aromatic N) is 2. The fourth-order valence-corrected chi connectivity index (χ4v) is 4.12. The summed E-state index contributed by atoms with van der Waals surface area (Å²) in [4.78, 5) is 17.4. The summed E-state index contributed by atoms with van der Waals surface area (Å²) < 4.78 is 16.1. The Kier molecular flexibility index (Phi) is 4.90. The van der Waals surface area contributed by atoms with Crippen LogP contribution in [0.5, 0.6) is 17.2 Å². The van der Waals surface area contributed by atoms with Crippen LogP contribution in [0.2, 0.25) is 0 Å². The van der Waals surface area contributed by atoms with Crippen LogP contribution < -0.4 is 29.3 Å². The number of fused-ring (bicyclic) bond motifs is 3. The molecule has 4 rings (SSSR count). The number of carbonyl (C=O) groups excluding carboxylic acids is 1. The molecule has 0 aromatic heterocycles. The minimum atomic E-state index is -0.173. The maximum absolute atomic E-state index is 13.2. The highest BCUT2D eigenvalue weighted by Gasteiger charge is 2.36. The Bertz CT molecular complexity index is 861. The molecule has 2 aliphatic heterocycles. The Morgan fingerprint density at radius 1 is 1.04 bits per heavy atom. The molecule has 1 N–H and O–H groups in total. The molecule has 0 saturated carbocycles. The molecule has 0 radical (unpaired) electrons. The van der Waals surface area contributed by atoms with Gasteiger partial charge in [0.05, 0.1) is 38.4 Å². The lowest BCUT2D eigenvalue weighted by Gasteiger charge is -2.40. The lowest BCUT2D eigenvalue weighted by Crippen LogP contribution is -2.49. The molecule has 2 heterocycles. The van der Waals surface area contributed by atoms with Crippen molar-refractivity contribution in [3.05, 3.63) is 36.4 Å². The van der Waals surface area contributed by atoms with Gasteiger partial charge in [-0.25, -0.2) is 4.79 Å². The number of anilines is 3. The minimum absolute atomic E-state index is 0.173. The molecule has 2 aromatic carbocycles. The molecule has 1 fully saturated rings. The fourth-order valence-electron chi connectivity index (χ4n) is 4.12. The molecule has 0 unspecified atom stereocenters. The quantitative estimate of drug-likeness (QED) is 0.872. The first-order valence-electron chi connectivity index (χ1n) is 9.40. The molecule has 148 valence electrons. The topological polar surface area (TPSA) is 63.3 Å². The number of rotatable bonds is 4. The van der Waals surface area contributed by atoms with Gasteiger partial charge >= 0.3 is 6.03 Å². The number of hydrogen-bond acceptors (Lipinski definition) is 5. The lowest BCUT2D eigenvalue weighted by atomic mass is 10.1. The van der Waals surface area contributed by atoms with Gasteiger partial charge in [-0.3, -0.25) is 4.90 Å². The average Bonchev–Trinajstić information content (AvgIpc) is 3.21. The van der Waals surface area contributed by atoms with E-state index in [1.54, 1.807) is 33.5 Å². The summed E-state index contributed by atoms with van der Waals surface area (Å²) in [6.07, 6.45) is 2.25. The summed E-state index contributed by atoms with van der Waals surface area (Å²) in [6, 6.07) is 11.7. The predicted molar refractivity (Wildman–Crippen MR) is 109 cm³/mol. The number of carbonyl (C=O) groups is 1. The highest BCUT2D eigenvalue weighted by Crippen LogP contribution is 2.41. The molecular formula is C21H25N3O4. The first kappa shape index (κ1) is 18.3. The van der Waals surface area contributed by atoms with Crippen LogP contribution in [-0.4, -0.2) is 46.5 Å². The Labute approximate surface area is 164 Å². The van der Waals surface area contributed by atoms with Gasteiger partial charge in [0, 0.05) is 31.3 Å². The summed E-state index contributed by atoms with van der Waals surface area (Å²) >= 11 is 0. The number of urea groups is 1. The van der Waals surface area contributed by atoms with Crippen LogP contribution >= 0.6 is 0 Å². The summed E-state index contributed by atoms with van der Waals surface area (Å²) in [6.45, 7) is 1.72. The zero-order chi connectivity index (χ0) is 19.7. The van der Waals surface area contributed by atoms with Gasteiger partial charge in [0.2, 0.25) is 5.75 Å². The molecule has 1 saturated heterocycles. The highest BCUT2D eigenvalue weighted by molar-refractivity contribution is 6.05. The van der Waals surface area contributed by atoms with Crippen LogP contribution in [-0.2, 0) is 0 Å². The van der Waals surface area contributed by atoms with Crippen molar-refractivity contribution in [3.8, 4) is 17.2 Å². The van der Waals surface area contributed by atoms with Crippen LogP contribution in [0.3, 0.4) is 0 Å². The van der Waals surface area contributed by atoms with Gasteiger partial charge in [0.1, 0.15) is 0 Å². The van der Waals surface area contributed by atoms with Crippen molar-refractivity contribution < 1.29 is 19.0 Å². The van der Waals surface area contributed by atoms with Crippen LogP contribution in [0.15, 0.2) is 36.4 Å². The number of amides is 2. The smallest absolute Gasteiger partial charge is 0.326 e. The van der Waals surface area contributed by atoms with Crippen molar-refractivity contribution >= 4 is 23.1 Å². The number of para-hydroxylation sites is 2. The Hall–Kier alpha value is -3.09. The number of benzene rings is 2. The Balaban J connectivity index is 1.63. The molecule has 0 bridgehead atoms. The van der Waals surface area contributed by atoms with E-state index in [2.05, 4.69) is 16.3 Å². The van der Waals surface area contributed by atoms with Gasteiger partial charge in [-0.15, -0.1) is 0 Å². The average molecular weight is 383 g/mol. The number of methoxy groups -OCH3 is 3. The van der Waals surface area contributed by atoms with Crippen LogP contribution in [0.25, 0.3) is 0 Å². The van der Waals surface area contributed by atoms with Gasteiger partial charge < -0.3 is 24.4 Å². The largest absolute Gasteiger partial charge is 0.493 e. The van der Waals surface area contributed by atoms with Gasteiger partial charge in [0.15, 0.2) is 11.5 Å². The van der Waals surface area contributed by atoms with Crippen molar-refractivity contribution in [1.29, 1.82) is 0 Å². The molecular weight excluding hydrogens is 358 g/mol. The standard InChI is InChI=1S/C21H25N3O4/c1-26-18-11-14(12-19(27-2)20(18)28-3)22-21(25)24-13-15-7-6-10-23(15)16-8-4-5-9-17(16)24/h4-5,8-9,11-12,15H,6-7,10,13H2,1-3H3,(H,22,25)/t15-/m0/s1. The normalized spacial score (nSPS) is 17.6. The monoisotopic (exact) mass is 383 g/mol. The van der Waals surface area contributed by atoms with Crippen molar-refractivity contribution in [2.45, 2.75) is 18.9 Å². The fraction of sp³-hybridized carbons (Fsp3) is 0.381. The second-order valence-corrected chi connectivity index (χ2v) is 6.93. The van der Waals surface area contributed by atoms with Crippen molar-refractivity contribution in [2.24, 2.45) is 0 Å². The highest BCUT2D eigenvalue weighted by atomic mass is 16.5. The summed E-state index contributed by atoms with van der Waals surface area (Å²) in [5.74, 6) is 1.49. The first-order chi connectivity index (χ1) is 13.7. The van der Waals surface area contributed by atoms with Gasteiger partial charge in [0.25, 0.3) is 0 Å². The van der Waals surface area contributed by atoms with Gasteiger partial charge in [-0.2, -0.15) is 0 Å². The number of nitrogens with one attached hydrogen (secondary N) is 1. The van der Waals surface area contributed by atoms with E-state index in [9.17, 15) is 4.79 Å². The molecule has 2 aliphatic rings. The Morgan fingerprint density at radius 3 is 2.36 bits per heavy atom. The van der Waals surface area contributed by atoms with Crippen molar-refractivity contribution in [3.63, 3.8) is 0 Å². The van der Waals surface area contributed by atoms with Crippen LogP contribution in [0.1, 0.15) is 12.8 Å². The Morgan fingerprint density at radius 2 is 1.71 bits per heavy atom. The molecule has 2 amide bonds. The molecule has 2 aromatic rings. The number of hydrogen-bond donors (Lipinski definition) is 1. The van der Waals surface area contributed by atoms with Crippen molar-refractivity contribution in [1.82, 2.24) is 0 Å². The first-order valence-corrected chi connectivity index (χ1v) is 9.40. The maximum atomic E-state index is 13.2. The minimum Gasteiger partial charge on any atom is -0.493 e.